The Bertz CT molecular complexity index is 262. The van der Waals surface area contributed by atoms with E-state index in [2.05, 4.69) is 44.8 Å². The Morgan fingerprint density at radius 3 is 2.44 bits per heavy atom. The highest BCUT2D eigenvalue weighted by atomic mass is 15.3. The number of hydrogen-bond acceptors (Lipinski definition) is 2. The van der Waals surface area contributed by atoms with Gasteiger partial charge >= 0.3 is 0 Å². The van der Waals surface area contributed by atoms with Crippen LogP contribution < -0.4 is 5.32 Å². The van der Waals surface area contributed by atoms with Crippen molar-refractivity contribution in [2.24, 2.45) is 17.8 Å². The lowest BCUT2D eigenvalue weighted by Gasteiger charge is -2.44. The van der Waals surface area contributed by atoms with E-state index in [1.807, 2.05) is 0 Å². The van der Waals surface area contributed by atoms with Gasteiger partial charge in [0.05, 0.1) is 0 Å². The maximum Gasteiger partial charge on any atom is 0.0247 e. The molecule has 2 fully saturated rings. The number of piperazine rings is 1. The quantitative estimate of drug-likeness (QED) is 0.809. The third-order valence-corrected chi connectivity index (χ3v) is 4.97. The molecule has 1 heterocycles. The SMILES string of the molecule is CCCC1CC1N1CC(C(C)C)NCC1C(C)C. The van der Waals surface area contributed by atoms with Gasteiger partial charge in [0.25, 0.3) is 0 Å². The maximum atomic E-state index is 3.77. The van der Waals surface area contributed by atoms with Gasteiger partial charge in [-0.25, -0.2) is 0 Å². The van der Waals surface area contributed by atoms with Crippen LogP contribution in [0.4, 0.5) is 0 Å². The highest BCUT2D eigenvalue weighted by Crippen LogP contribution is 2.42. The summed E-state index contributed by atoms with van der Waals surface area (Å²) in [5, 5.41) is 3.77. The van der Waals surface area contributed by atoms with Gasteiger partial charge in [0.1, 0.15) is 0 Å². The van der Waals surface area contributed by atoms with Crippen LogP contribution >= 0.6 is 0 Å². The van der Waals surface area contributed by atoms with Crippen molar-refractivity contribution < 1.29 is 0 Å². The molecule has 2 heteroatoms. The van der Waals surface area contributed by atoms with Crippen molar-refractivity contribution in [3.63, 3.8) is 0 Å². The summed E-state index contributed by atoms with van der Waals surface area (Å²) in [6.07, 6.45) is 4.25. The average molecular weight is 252 g/mol. The van der Waals surface area contributed by atoms with E-state index in [0.29, 0.717) is 6.04 Å². The summed E-state index contributed by atoms with van der Waals surface area (Å²) in [7, 11) is 0. The van der Waals surface area contributed by atoms with Crippen LogP contribution in [0.15, 0.2) is 0 Å². The average Bonchev–Trinajstić information content (AvgIpc) is 3.08. The van der Waals surface area contributed by atoms with Gasteiger partial charge in [-0.3, -0.25) is 4.90 Å². The standard InChI is InChI=1S/C16H32N2/c1-6-7-13-8-15(13)18-10-14(11(2)3)17-9-16(18)12(4)5/h11-17H,6-10H2,1-5H3. The number of nitrogens with one attached hydrogen (secondary N) is 1. The second-order valence-electron chi connectivity index (χ2n) is 7.12. The smallest absolute Gasteiger partial charge is 0.0247 e. The molecule has 0 aromatic heterocycles. The molecule has 1 aliphatic carbocycles. The van der Waals surface area contributed by atoms with Crippen LogP contribution in [0.3, 0.4) is 0 Å². The van der Waals surface area contributed by atoms with Crippen LogP contribution in [-0.4, -0.2) is 36.1 Å². The lowest BCUT2D eigenvalue weighted by molar-refractivity contribution is 0.0726. The molecule has 4 unspecified atom stereocenters. The van der Waals surface area contributed by atoms with Crippen LogP contribution in [0.25, 0.3) is 0 Å². The van der Waals surface area contributed by atoms with E-state index in [0.717, 1.165) is 29.8 Å². The minimum atomic E-state index is 0.697. The molecule has 0 aromatic carbocycles. The molecule has 2 nitrogen and oxygen atoms in total. The van der Waals surface area contributed by atoms with Gasteiger partial charge in [-0.2, -0.15) is 0 Å². The minimum absolute atomic E-state index is 0.697. The van der Waals surface area contributed by atoms with E-state index in [4.69, 9.17) is 0 Å². The summed E-state index contributed by atoms with van der Waals surface area (Å²) in [5.74, 6) is 2.53. The van der Waals surface area contributed by atoms with Gasteiger partial charge in [0, 0.05) is 31.2 Å². The molecule has 0 amide bonds. The molecule has 2 aliphatic rings. The topological polar surface area (TPSA) is 15.3 Å². The third kappa shape index (κ3) is 3.08. The molecular weight excluding hydrogens is 220 g/mol. The van der Waals surface area contributed by atoms with E-state index in [1.54, 1.807) is 0 Å². The van der Waals surface area contributed by atoms with E-state index in [9.17, 15) is 0 Å². The Kier molecular flexibility index (Phi) is 4.71. The van der Waals surface area contributed by atoms with E-state index in [-0.39, 0.29) is 0 Å². The van der Waals surface area contributed by atoms with Gasteiger partial charge in [-0.15, -0.1) is 0 Å². The number of rotatable bonds is 5. The second-order valence-corrected chi connectivity index (χ2v) is 7.12. The lowest BCUT2D eigenvalue weighted by atomic mass is 9.94. The van der Waals surface area contributed by atoms with Crippen molar-refractivity contribution in [1.29, 1.82) is 0 Å². The van der Waals surface area contributed by atoms with Gasteiger partial charge in [0.2, 0.25) is 0 Å². The summed E-state index contributed by atoms with van der Waals surface area (Å²) >= 11 is 0. The molecule has 2 rings (SSSR count). The van der Waals surface area contributed by atoms with Gasteiger partial charge in [0.15, 0.2) is 0 Å². The van der Waals surface area contributed by atoms with Crippen LogP contribution in [0.1, 0.15) is 53.9 Å². The molecule has 1 aliphatic heterocycles. The second kappa shape index (κ2) is 5.92. The van der Waals surface area contributed by atoms with Crippen molar-refractivity contribution in [3.8, 4) is 0 Å². The van der Waals surface area contributed by atoms with Crippen molar-refractivity contribution in [2.45, 2.75) is 72.0 Å². The molecule has 106 valence electrons. The Balaban J connectivity index is 1.97. The first-order chi connectivity index (χ1) is 8.54. The molecule has 1 saturated carbocycles. The van der Waals surface area contributed by atoms with Gasteiger partial charge < -0.3 is 5.32 Å². The van der Waals surface area contributed by atoms with Gasteiger partial charge in [-0.1, -0.05) is 41.0 Å². The highest BCUT2D eigenvalue weighted by Gasteiger charge is 2.46. The fourth-order valence-corrected chi connectivity index (χ4v) is 3.58. The fourth-order valence-electron chi connectivity index (χ4n) is 3.58. The molecule has 18 heavy (non-hydrogen) atoms. The molecule has 0 radical (unpaired) electrons. The van der Waals surface area contributed by atoms with Crippen LogP contribution in [0.5, 0.6) is 0 Å². The first kappa shape index (κ1) is 14.3. The summed E-state index contributed by atoms with van der Waals surface area (Å²) in [6.45, 7) is 14.2. The normalized spacial score (nSPS) is 37.5. The maximum absolute atomic E-state index is 3.77. The molecule has 0 bridgehead atoms. The summed E-state index contributed by atoms with van der Waals surface area (Å²) < 4.78 is 0. The fraction of sp³-hybridized carbons (Fsp3) is 1.00. The zero-order valence-corrected chi connectivity index (χ0v) is 12.9. The zero-order valence-electron chi connectivity index (χ0n) is 12.9. The Hall–Kier alpha value is -0.0800. The Morgan fingerprint density at radius 2 is 1.89 bits per heavy atom. The molecule has 4 atom stereocenters. The van der Waals surface area contributed by atoms with Crippen molar-refractivity contribution >= 4 is 0 Å². The van der Waals surface area contributed by atoms with E-state index in [1.165, 1.54) is 32.4 Å². The summed E-state index contributed by atoms with van der Waals surface area (Å²) in [4.78, 5) is 2.85. The minimum Gasteiger partial charge on any atom is -0.311 e. The van der Waals surface area contributed by atoms with Gasteiger partial charge in [-0.05, 0) is 30.6 Å². The molecular formula is C16H32N2. The molecule has 0 aromatic rings. The van der Waals surface area contributed by atoms with Crippen molar-refractivity contribution in [3.05, 3.63) is 0 Å². The predicted octanol–water partition coefficient (Wildman–Crippen LogP) is 3.13. The van der Waals surface area contributed by atoms with Crippen LogP contribution in [0, 0.1) is 17.8 Å². The molecule has 1 saturated heterocycles. The molecule has 1 N–H and O–H groups in total. The Labute approximate surface area is 114 Å². The molecule has 0 spiro atoms. The van der Waals surface area contributed by atoms with Crippen molar-refractivity contribution in [2.75, 3.05) is 13.1 Å². The van der Waals surface area contributed by atoms with Crippen LogP contribution in [0.2, 0.25) is 0 Å². The third-order valence-electron chi connectivity index (χ3n) is 4.97. The first-order valence-corrected chi connectivity index (χ1v) is 8.03. The zero-order chi connectivity index (χ0) is 13.3. The van der Waals surface area contributed by atoms with E-state index >= 15 is 0 Å². The summed E-state index contributed by atoms with van der Waals surface area (Å²) in [6, 6.07) is 2.36. The first-order valence-electron chi connectivity index (χ1n) is 8.03. The number of hydrogen-bond donors (Lipinski definition) is 1. The largest absolute Gasteiger partial charge is 0.311 e. The number of nitrogens with zero attached hydrogens (tertiary/aromatic N) is 1. The highest BCUT2D eigenvalue weighted by molar-refractivity contribution is 5.01. The van der Waals surface area contributed by atoms with Crippen LogP contribution in [-0.2, 0) is 0 Å². The predicted molar refractivity (Wildman–Crippen MR) is 78.8 cm³/mol. The lowest BCUT2D eigenvalue weighted by Crippen LogP contribution is -2.60. The monoisotopic (exact) mass is 252 g/mol. The van der Waals surface area contributed by atoms with Crippen molar-refractivity contribution in [1.82, 2.24) is 10.2 Å². The van der Waals surface area contributed by atoms with E-state index < -0.39 is 0 Å². The Morgan fingerprint density at radius 1 is 1.17 bits per heavy atom. The summed E-state index contributed by atoms with van der Waals surface area (Å²) in [5.41, 5.74) is 0.